The van der Waals surface area contributed by atoms with Gasteiger partial charge in [-0.25, -0.2) is 14.3 Å². The third-order valence-electron chi connectivity index (χ3n) is 3.04. The number of carboxylic acid groups (broad SMARTS) is 1. The summed E-state index contributed by atoms with van der Waals surface area (Å²) in [6.07, 6.45) is 0.931. The van der Waals surface area contributed by atoms with Gasteiger partial charge >= 0.3 is 12.0 Å². The van der Waals surface area contributed by atoms with Crippen molar-refractivity contribution >= 4 is 12.0 Å². The molecular weight excluding hydrogens is 252 g/mol. The fourth-order valence-electron chi connectivity index (χ4n) is 1.73. The van der Waals surface area contributed by atoms with E-state index < -0.39 is 17.5 Å². The van der Waals surface area contributed by atoms with Crippen molar-refractivity contribution in [1.82, 2.24) is 20.4 Å². The molecule has 0 spiro atoms. The Morgan fingerprint density at radius 3 is 2.74 bits per heavy atom. The van der Waals surface area contributed by atoms with Crippen molar-refractivity contribution in [2.45, 2.75) is 24.9 Å². The minimum Gasteiger partial charge on any atom is -0.481 e. The van der Waals surface area contributed by atoms with Crippen molar-refractivity contribution in [2.24, 2.45) is 7.05 Å². The highest BCUT2D eigenvalue weighted by molar-refractivity contribution is 5.88. The molecule has 1 saturated carbocycles. The minimum atomic E-state index is -1.08. The van der Waals surface area contributed by atoms with Gasteiger partial charge in [-0.3, -0.25) is 0 Å². The number of carbonyl (C=O) groups excluding carboxylic acids is 1. The van der Waals surface area contributed by atoms with Gasteiger partial charge < -0.3 is 20.5 Å². The lowest BCUT2D eigenvalue weighted by atomic mass is 10.3. The van der Waals surface area contributed by atoms with Crippen LogP contribution in [0.25, 0.3) is 0 Å². The van der Waals surface area contributed by atoms with Gasteiger partial charge in [-0.05, 0) is 12.8 Å². The molecule has 0 bridgehead atoms. The summed E-state index contributed by atoms with van der Waals surface area (Å²) < 4.78 is 6.60. The van der Waals surface area contributed by atoms with Gasteiger partial charge in [0.05, 0.1) is 19.3 Å². The van der Waals surface area contributed by atoms with Gasteiger partial charge in [0.2, 0.25) is 5.88 Å². The molecule has 19 heavy (non-hydrogen) atoms. The summed E-state index contributed by atoms with van der Waals surface area (Å²) in [7, 11) is 3.26. The Morgan fingerprint density at radius 2 is 2.26 bits per heavy atom. The lowest BCUT2D eigenvalue weighted by Gasteiger charge is -2.12. The molecule has 1 fully saturated rings. The topological polar surface area (TPSA) is 105 Å². The number of nitrogens with zero attached hydrogens (tertiary/aromatic N) is 2. The second-order valence-corrected chi connectivity index (χ2v) is 4.50. The lowest BCUT2D eigenvalue weighted by Crippen LogP contribution is -2.47. The summed E-state index contributed by atoms with van der Waals surface area (Å²) in [5.74, 6) is -0.413. The van der Waals surface area contributed by atoms with Gasteiger partial charge in [0.1, 0.15) is 5.54 Å². The molecule has 0 radical (unpaired) electrons. The van der Waals surface area contributed by atoms with E-state index in [1.165, 1.54) is 7.11 Å². The van der Waals surface area contributed by atoms with Gasteiger partial charge in [-0.1, -0.05) is 0 Å². The summed E-state index contributed by atoms with van der Waals surface area (Å²) in [4.78, 5) is 22.5. The first-order valence-corrected chi connectivity index (χ1v) is 5.83. The van der Waals surface area contributed by atoms with Gasteiger partial charge in [0.25, 0.3) is 0 Å². The lowest BCUT2D eigenvalue weighted by molar-refractivity contribution is -0.140. The van der Waals surface area contributed by atoms with E-state index in [-0.39, 0.29) is 6.54 Å². The number of hydrogen-bond acceptors (Lipinski definition) is 4. The number of aryl methyl sites for hydroxylation is 1. The highest BCUT2D eigenvalue weighted by Gasteiger charge is 2.51. The van der Waals surface area contributed by atoms with Gasteiger partial charge in [-0.2, -0.15) is 5.10 Å². The molecular formula is C11H16N4O4. The van der Waals surface area contributed by atoms with Crippen LogP contribution in [-0.2, 0) is 18.4 Å². The van der Waals surface area contributed by atoms with Crippen molar-refractivity contribution in [3.8, 4) is 5.88 Å². The summed E-state index contributed by atoms with van der Waals surface area (Å²) in [6.45, 7) is 0.207. The van der Waals surface area contributed by atoms with E-state index in [4.69, 9.17) is 9.84 Å². The van der Waals surface area contributed by atoms with Gasteiger partial charge in [0.15, 0.2) is 0 Å². The fraction of sp³-hybridized carbons (Fsp3) is 0.545. The van der Waals surface area contributed by atoms with Crippen LogP contribution in [-0.4, -0.2) is 39.5 Å². The van der Waals surface area contributed by atoms with Crippen molar-refractivity contribution in [1.29, 1.82) is 0 Å². The Kier molecular flexibility index (Phi) is 3.32. The van der Waals surface area contributed by atoms with Crippen LogP contribution in [0.3, 0.4) is 0 Å². The monoisotopic (exact) mass is 268 g/mol. The second-order valence-electron chi connectivity index (χ2n) is 4.50. The third kappa shape index (κ3) is 2.78. The van der Waals surface area contributed by atoms with Crippen molar-refractivity contribution in [2.75, 3.05) is 7.11 Å². The maximum Gasteiger partial charge on any atom is 0.329 e. The van der Waals surface area contributed by atoms with Crippen LogP contribution in [0.1, 0.15) is 18.5 Å². The molecule has 0 atom stereocenters. The molecule has 1 aliphatic carbocycles. The number of hydrogen-bond donors (Lipinski definition) is 3. The van der Waals surface area contributed by atoms with Crippen LogP contribution in [0.5, 0.6) is 5.88 Å². The molecule has 0 aliphatic heterocycles. The van der Waals surface area contributed by atoms with Crippen LogP contribution in [0.4, 0.5) is 4.79 Å². The van der Waals surface area contributed by atoms with Crippen LogP contribution < -0.4 is 15.4 Å². The number of carboxylic acids is 1. The normalized spacial score (nSPS) is 15.7. The van der Waals surface area contributed by atoms with Crippen LogP contribution >= 0.6 is 0 Å². The second kappa shape index (κ2) is 4.79. The maximum absolute atomic E-state index is 11.6. The number of methoxy groups -OCH3 is 1. The molecule has 3 N–H and O–H groups in total. The maximum atomic E-state index is 11.6. The number of amides is 2. The van der Waals surface area contributed by atoms with E-state index in [0.29, 0.717) is 24.4 Å². The number of ether oxygens (including phenoxy) is 1. The van der Waals surface area contributed by atoms with Gasteiger partial charge in [-0.15, -0.1) is 0 Å². The number of carbonyl (C=O) groups is 2. The van der Waals surface area contributed by atoms with Gasteiger partial charge in [0, 0.05) is 13.1 Å². The Morgan fingerprint density at radius 1 is 1.58 bits per heavy atom. The molecule has 1 aliphatic rings. The minimum absolute atomic E-state index is 0.207. The largest absolute Gasteiger partial charge is 0.481 e. The molecule has 1 heterocycles. The van der Waals surface area contributed by atoms with E-state index >= 15 is 0 Å². The molecule has 8 nitrogen and oxygen atoms in total. The molecule has 2 amide bonds. The zero-order chi connectivity index (χ0) is 14.0. The summed E-state index contributed by atoms with van der Waals surface area (Å²) >= 11 is 0. The highest BCUT2D eigenvalue weighted by Crippen LogP contribution is 2.35. The molecule has 0 aromatic carbocycles. The van der Waals surface area contributed by atoms with E-state index in [1.54, 1.807) is 17.8 Å². The predicted octanol–water partition coefficient (Wildman–Crippen LogP) is -0.155. The third-order valence-corrected chi connectivity index (χ3v) is 3.04. The van der Waals surface area contributed by atoms with Crippen molar-refractivity contribution in [3.63, 3.8) is 0 Å². The Hall–Kier alpha value is -2.25. The summed E-state index contributed by atoms with van der Waals surface area (Å²) in [5, 5.41) is 18.1. The Bertz CT molecular complexity index is 507. The molecule has 0 unspecified atom stereocenters. The molecule has 0 saturated heterocycles. The average Bonchev–Trinajstić information content (AvgIpc) is 3.04. The standard InChI is InChI=1S/C11H16N4O4/c1-15-8(19-2)5-7(14-15)6-12-10(18)13-11(3-4-11)9(16)17/h5H,3-4,6H2,1-2H3,(H,16,17)(H2,12,13,18). The number of aliphatic carboxylic acids is 1. The Labute approximate surface area is 109 Å². The summed E-state index contributed by atoms with van der Waals surface area (Å²) in [6, 6.07) is 1.19. The number of nitrogens with one attached hydrogen (secondary N) is 2. The smallest absolute Gasteiger partial charge is 0.329 e. The van der Waals surface area contributed by atoms with E-state index in [2.05, 4.69) is 15.7 Å². The first kappa shape index (κ1) is 13.2. The summed E-state index contributed by atoms with van der Waals surface area (Å²) in [5.41, 5.74) is -0.444. The average molecular weight is 268 g/mol. The molecule has 8 heteroatoms. The molecule has 104 valence electrons. The van der Waals surface area contributed by atoms with Crippen LogP contribution in [0.15, 0.2) is 6.07 Å². The van der Waals surface area contributed by atoms with Crippen LogP contribution in [0, 0.1) is 0 Å². The first-order chi connectivity index (χ1) is 8.97. The van der Waals surface area contributed by atoms with E-state index in [9.17, 15) is 9.59 Å². The van der Waals surface area contributed by atoms with E-state index in [0.717, 1.165) is 0 Å². The van der Waals surface area contributed by atoms with E-state index in [1.807, 2.05) is 0 Å². The molecule has 2 rings (SSSR count). The van der Waals surface area contributed by atoms with Crippen molar-refractivity contribution < 1.29 is 19.4 Å². The van der Waals surface area contributed by atoms with Crippen LogP contribution in [0.2, 0.25) is 0 Å². The SMILES string of the molecule is COc1cc(CNC(=O)NC2(C(=O)O)CC2)nn1C. The number of aromatic nitrogens is 2. The fourth-order valence-corrected chi connectivity index (χ4v) is 1.73. The molecule has 1 aromatic rings. The molecule has 1 aromatic heterocycles. The number of urea groups is 1. The number of rotatable bonds is 5. The van der Waals surface area contributed by atoms with Crippen molar-refractivity contribution in [3.05, 3.63) is 11.8 Å². The first-order valence-electron chi connectivity index (χ1n) is 5.83. The predicted molar refractivity (Wildman–Crippen MR) is 64.7 cm³/mol. The zero-order valence-corrected chi connectivity index (χ0v) is 10.8. The zero-order valence-electron chi connectivity index (χ0n) is 10.8. The Balaban J connectivity index is 1.85. The quantitative estimate of drug-likeness (QED) is 0.688. The highest BCUT2D eigenvalue weighted by atomic mass is 16.5.